The minimum Gasteiger partial charge on any atom is -0.346 e. The fourth-order valence-corrected chi connectivity index (χ4v) is 2.24. The van der Waals surface area contributed by atoms with Crippen LogP contribution in [0.4, 0.5) is 0 Å². The van der Waals surface area contributed by atoms with Crippen LogP contribution in [0.25, 0.3) is 0 Å². The van der Waals surface area contributed by atoms with Gasteiger partial charge < -0.3 is 11.1 Å². The summed E-state index contributed by atoms with van der Waals surface area (Å²) in [6.07, 6.45) is 4.22. The van der Waals surface area contributed by atoms with Gasteiger partial charge in [-0.25, -0.2) is 4.98 Å². The molecule has 0 spiro atoms. The van der Waals surface area contributed by atoms with E-state index in [0.29, 0.717) is 0 Å². The molecule has 90 valence electrons. The first-order valence-corrected chi connectivity index (χ1v) is 6.52. The molecule has 0 radical (unpaired) electrons. The Labute approximate surface area is 100 Å². The van der Waals surface area contributed by atoms with Crippen LogP contribution < -0.4 is 11.1 Å². The number of carbonyl (C=O) groups is 1. The highest BCUT2D eigenvalue weighted by atomic mass is 32.1. The second kappa shape index (κ2) is 6.60. The van der Waals surface area contributed by atoms with Gasteiger partial charge in [-0.3, -0.25) is 4.79 Å². The zero-order valence-corrected chi connectivity index (χ0v) is 10.6. The van der Waals surface area contributed by atoms with Crippen LogP contribution in [0.5, 0.6) is 0 Å². The molecule has 1 aromatic rings. The van der Waals surface area contributed by atoms with E-state index < -0.39 is 6.04 Å². The lowest BCUT2D eigenvalue weighted by molar-refractivity contribution is -0.123. The second-order valence-corrected chi connectivity index (χ2v) is 4.66. The molecule has 3 N–H and O–H groups in total. The highest BCUT2D eigenvalue weighted by Gasteiger charge is 2.18. The molecule has 1 amide bonds. The van der Waals surface area contributed by atoms with Crippen LogP contribution in [-0.2, 0) is 4.79 Å². The predicted octanol–water partition coefficient (Wildman–Crippen LogP) is 1.84. The first-order chi connectivity index (χ1) is 7.69. The van der Waals surface area contributed by atoms with Gasteiger partial charge in [0.25, 0.3) is 0 Å². The van der Waals surface area contributed by atoms with E-state index in [0.717, 1.165) is 24.3 Å². The zero-order valence-electron chi connectivity index (χ0n) is 9.77. The highest BCUT2D eigenvalue weighted by molar-refractivity contribution is 7.09. The van der Waals surface area contributed by atoms with Crippen LogP contribution in [0.15, 0.2) is 11.6 Å². The van der Waals surface area contributed by atoms with Crippen molar-refractivity contribution in [1.29, 1.82) is 0 Å². The minimum absolute atomic E-state index is 0.00425. The molecule has 0 saturated carbocycles. The summed E-state index contributed by atoms with van der Waals surface area (Å²) in [5, 5.41) is 5.79. The lowest BCUT2D eigenvalue weighted by atomic mass is 10.1. The van der Waals surface area contributed by atoms with Crippen molar-refractivity contribution in [1.82, 2.24) is 10.3 Å². The molecule has 4 nitrogen and oxygen atoms in total. The van der Waals surface area contributed by atoms with E-state index in [-0.39, 0.29) is 11.9 Å². The van der Waals surface area contributed by atoms with Crippen molar-refractivity contribution in [3.8, 4) is 0 Å². The molecule has 0 saturated heterocycles. The molecule has 5 heteroatoms. The maximum atomic E-state index is 11.7. The fraction of sp³-hybridized carbons (Fsp3) is 0.636. The molecule has 1 unspecified atom stereocenters. The Balaban J connectivity index is 2.54. The van der Waals surface area contributed by atoms with Crippen molar-refractivity contribution in [2.45, 2.75) is 45.2 Å². The van der Waals surface area contributed by atoms with Crippen LogP contribution in [0, 0.1) is 0 Å². The lowest BCUT2D eigenvalue weighted by Gasteiger charge is -2.17. The van der Waals surface area contributed by atoms with E-state index in [9.17, 15) is 4.79 Å². The van der Waals surface area contributed by atoms with Gasteiger partial charge in [-0.15, -0.1) is 11.3 Å². The first kappa shape index (κ1) is 13.1. The van der Waals surface area contributed by atoms with Gasteiger partial charge in [0.15, 0.2) is 0 Å². The summed E-state index contributed by atoms with van der Waals surface area (Å²) in [5.74, 6) is -0.0797. The third-order valence-corrected chi connectivity index (χ3v) is 3.30. The topological polar surface area (TPSA) is 68.0 Å². The van der Waals surface area contributed by atoms with Crippen molar-refractivity contribution < 1.29 is 4.79 Å². The molecule has 0 bridgehead atoms. The molecule has 0 aliphatic rings. The summed E-state index contributed by atoms with van der Waals surface area (Å²) in [5.41, 5.74) is 5.76. The first-order valence-electron chi connectivity index (χ1n) is 5.64. The largest absolute Gasteiger partial charge is 0.346 e. The van der Waals surface area contributed by atoms with Crippen LogP contribution in [-0.4, -0.2) is 16.9 Å². The summed E-state index contributed by atoms with van der Waals surface area (Å²) in [6, 6.07) is -0.408. The Hall–Kier alpha value is -0.940. The van der Waals surface area contributed by atoms with Gasteiger partial charge in [0.1, 0.15) is 5.01 Å². The van der Waals surface area contributed by atoms with Gasteiger partial charge in [0.2, 0.25) is 5.91 Å². The van der Waals surface area contributed by atoms with Crippen molar-refractivity contribution >= 4 is 17.2 Å². The molecule has 1 heterocycles. The third kappa shape index (κ3) is 3.57. The summed E-state index contributed by atoms with van der Waals surface area (Å²) < 4.78 is 0. The Kier molecular flexibility index (Phi) is 5.42. The maximum Gasteiger partial charge on any atom is 0.237 e. The summed E-state index contributed by atoms with van der Waals surface area (Å²) >= 11 is 1.56. The van der Waals surface area contributed by atoms with E-state index in [1.165, 1.54) is 0 Å². The summed E-state index contributed by atoms with van der Waals surface area (Å²) in [7, 11) is 0. The van der Waals surface area contributed by atoms with Crippen LogP contribution in [0.2, 0.25) is 0 Å². The van der Waals surface area contributed by atoms with Crippen molar-refractivity contribution in [2.24, 2.45) is 5.73 Å². The van der Waals surface area contributed by atoms with E-state index >= 15 is 0 Å². The fourth-order valence-electron chi connectivity index (χ4n) is 1.47. The quantitative estimate of drug-likeness (QED) is 0.798. The Bertz CT molecular complexity index is 313. The van der Waals surface area contributed by atoms with Gasteiger partial charge in [0, 0.05) is 11.6 Å². The van der Waals surface area contributed by atoms with Crippen LogP contribution in [0.3, 0.4) is 0 Å². The number of thiazole rings is 1. The van der Waals surface area contributed by atoms with E-state index in [1.54, 1.807) is 17.5 Å². The van der Waals surface area contributed by atoms with Gasteiger partial charge in [-0.1, -0.05) is 20.3 Å². The van der Waals surface area contributed by atoms with E-state index in [2.05, 4.69) is 10.3 Å². The molecule has 2 atom stereocenters. The van der Waals surface area contributed by atoms with Gasteiger partial charge in [-0.2, -0.15) is 0 Å². The Morgan fingerprint density at radius 2 is 2.38 bits per heavy atom. The van der Waals surface area contributed by atoms with Crippen molar-refractivity contribution in [3.63, 3.8) is 0 Å². The lowest BCUT2D eigenvalue weighted by Crippen LogP contribution is -2.42. The number of nitrogens with one attached hydrogen (secondary N) is 1. The standard InChI is InChI=1S/C11H19N3OS/c1-3-5-8(12)10(15)14-9(4-2)11-13-6-7-16-11/h6-9H,3-5,12H2,1-2H3,(H,14,15)/t8-,9?/m0/s1. The normalized spacial score (nSPS) is 14.4. The average molecular weight is 241 g/mol. The number of nitrogens with two attached hydrogens (primary N) is 1. The number of carbonyl (C=O) groups excluding carboxylic acids is 1. The van der Waals surface area contributed by atoms with Crippen molar-refractivity contribution in [3.05, 3.63) is 16.6 Å². The highest BCUT2D eigenvalue weighted by Crippen LogP contribution is 2.18. The average Bonchev–Trinajstić information content (AvgIpc) is 2.79. The van der Waals surface area contributed by atoms with E-state index in [1.807, 2.05) is 19.2 Å². The van der Waals surface area contributed by atoms with Gasteiger partial charge in [0.05, 0.1) is 12.1 Å². The number of hydrogen-bond acceptors (Lipinski definition) is 4. The third-order valence-electron chi connectivity index (χ3n) is 2.41. The zero-order chi connectivity index (χ0) is 12.0. The molecule has 0 fully saturated rings. The SMILES string of the molecule is CCC[C@H](N)C(=O)NC(CC)c1nccs1. The smallest absolute Gasteiger partial charge is 0.237 e. The number of hydrogen-bond donors (Lipinski definition) is 2. The number of amides is 1. The molecular weight excluding hydrogens is 222 g/mol. The minimum atomic E-state index is -0.404. The predicted molar refractivity (Wildman–Crippen MR) is 66.2 cm³/mol. The van der Waals surface area contributed by atoms with Gasteiger partial charge in [-0.05, 0) is 12.8 Å². The van der Waals surface area contributed by atoms with E-state index in [4.69, 9.17) is 5.73 Å². The summed E-state index contributed by atoms with van der Waals surface area (Å²) in [4.78, 5) is 15.9. The Morgan fingerprint density at radius 1 is 1.62 bits per heavy atom. The molecule has 0 aliphatic heterocycles. The second-order valence-electron chi connectivity index (χ2n) is 3.73. The Morgan fingerprint density at radius 3 is 2.88 bits per heavy atom. The monoisotopic (exact) mass is 241 g/mol. The van der Waals surface area contributed by atoms with Crippen LogP contribution in [0.1, 0.15) is 44.2 Å². The van der Waals surface area contributed by atoms with Crippen molar-refractivity contribution in [2.75, 3.05) is 0 Å². The number of nitrogens with zero attached hydrogens (tertiary/aromatic N) is 1. The molecule has 0 aliphatic carbocycles. The summed E-state index contributed by atoms with van der Waals surface area (Å²) in [6.45, 7) is 4.04. The van der Waals surface area contributed by atoms with Crippen LogP contribution >= 0.6 is 11.3 Å². The number of rotatable bonds is 6. The molecule has 1 aromatic heterocycles. The molecule has 1 rings (SSSR count). The van der Waals surface area contributed by atoms with Gasteiger partial charge >= 0.3 is 0 Å². The number of aromatic nitrogens is 1. The molecule has 16 heavy (non-hydrogen) atoms. The molecule has 0 aromatic carbocycles. The maximum absolute atomic E-state index is 11.7. The molecular formula is C11H19N3OS.